The Balaban J connectivity index is 0.000000878. The van der Waals surface area contributed by atoms with E-state index in [1.807, 2.05) is 25.1 Å². The number of aromatic nitrogens is 1. The van der Waals surface area contributed by atoms with Gasteiger partial charge in [-0.25, -0.2) is 0 Å². The van der Waals surface area contributed by atoms with Gasteiger partial charge in [0.25, 0.3) is 6.47 Å². The fraction of sp³-hybridized carbons (Fsp3) is 0.429. The Morgan fingerprint density at radius 3 is 2.79 bits per heavy atom. The number of methoxy groups -OCH3 is 1. The molecule has 1 aliphatic rings. The molecule has 1 aliphatic heterocycles. The number of rotatable bonds is 8. The van der Waals surface area contributed by atoms with Crippen molar-refractivity contribution in [1.82, 2.24) is 10.1 Å². The highest BCUT2D eigenvalue weighted by molar-refractivity contribution is 5.33. The molecule has 152 valence electrons. The molecule has 0 amide bonds. The van der Waals surface area contributed by atoms with Crippen molar-refractivity contribution < 1.29 is 23.9 Å². The molecule has 2 aromatic rings. The van der Waals surface area contributed by atoms with Gasteiger partial charge in [-0.15, -0.1) is 0 Å². The van der Waals surface area contributed by atoms with E-state index in [0.29, 0.717) is 12.5 Å². The van der Waals surface area contributed by atoms with E-state index in [1.54, 1.807) is 13.2 Å². The van der Waals surface area contributed by atoms with E-state index in [1.165, 1.54) is 5.56 Å². The molecule has 0 aliphatic carbocycles. The summed E-state index contributed by atoms with van der Waals surface area (Å²) in [6, 6.07) is 10.2. The molecule has 1 N–H and O–H groups in total. The molecule has 1 fully saturated rings. The maximum atomic E-state index is 8.36. The van der Waals surface area contributed by atoms with Crippen molar-refractivity contribution in [3.63, 3.8) is 0 Å². The normalized spacial score (nSPS) is 18.9. The Morgan fingerprint density at radius 2 is 2.14 bits per heavy atom. The van der Waals surface area contributed by atoms with Crippen molar-refractivity contribution in [1.29, 1.82) is 0 Å². The monoisotopic (exact) mass is 388 g/mol. The third-order valence-corrected chi connectivity index (χ3v) is 4.62. The predicted molar refractivity (Wildman–Crippen MR) is 105 cm³/mol. The third kappa shape index (κ3) is 6.21. The minimum absolute atomic E-state index is 0.201. The standard InChI is InChI=1S/C20H26N2O3.CH2O2/c1-4-9-24-19-8-6-5-7-16(19)12-22-13-17(20(14-22)23-3)11-18-10-15(2)21-25-18;2-1-3/h4-8,10,17,20H,1,9,11-14H2,2-3H3;1H,(H,2,3)/t17-,20+;/m1./s1. The van der Waals surface area contributed by atoms with Gasteiger partial charge in [0.05, 0.1) is 11.8 Å². The first-order valence-electron chi connectivity index (χ1n) is 9.18. The van der Waals surface area contributed by atoms with Crippen molar-refractivity contribution in [3.05, 3.63) is 60.0 Å². The lowest BCUT2D eigenvalue weighted by molar-refractivity contribution is -0.122. The second kappa shape index (κ2) is 11.3. The summed E-state index contributed by atoms with van der Waals surface area (Å²) in [6.07, 6.45) is 2.82. The summed E-state index contributed by atoms with van der Waals surface area (Å²) in [6.45, 7) is 8.65. The van der Waals surface area contributed by atoms with Crippen molar-refractivity contribution in [2.24, 2.45) is 5.92 Å². The van der Waals surface area contributed by atoms with Crippen LogP contribution in [0.4, 0.5) is 0 Å². The second-order valence-corrected chi connectivity index (χ2v) is 6.68. The van der Waals surface area contributed by atoms with Crippen LogP contribution in [0.15, 0.2) is 47.5 Å². The van der Waals surface area contributed by atoms with Gasteiger partial charge in [0.15, 0.2) is 0 Å². The first kappa shape index (κ1) is 21.7. The van der Waals surface area contributed by atoms with Crippen LogP contribution < -0.4 is 4.74 Å². The molecule has 0 unspecified atom stereocenters. The molecule has 2 heterocycles. The Morgan fingerprint density at radius 1 is 1.39 bits per heavy atom. The molecule has 0 bridgehead atoms. The van der Waals surface area contributed by atoms with Crippen LogP contribution in [0, 0.1) is 12.8 Å². The van der Waals surface area contributed by atoms with Gasteiger partial charge in [0, 0.05) is 50.7 Å². The summed E-state index contributed by atoms with van der Waals surface area (Å²) in [5.74, 6) is 2.25. The molecule has 28 heavy (non-hydrogen) atoms. The number of likely N-dealkylation sites (tertiary alicyclic amines) is 1. The SMILES string of the molecule is C=CCOc1ccccc1CN1C[C@@H](Cc2cc(C)no2)[C@@H](OC)C1.O=CO. The number of aryl methyl sites for hydroxylation is 1. The summed E-state index contributed by atoms with van der Waals surface area (Å²) in [7, 11) is 1.79. The van der Waals surface area contributed by atoms with Gasteiger partial charge in [-0.05, 0) is 13.0 Å². The van der Waals surface area contributed by atoms with Gasteiger partial charge in [0.1, 0.15) is 18.1 Å². The number of ether oxygens (including phenoxy) is 2. The molecule has 0 radical (unpaired) electrons. The first-order chi connectivity index (χ1) is 13.6. The first-order valence-corrected chi connectivity index (χ1v) is 9.18. The second-order valence-electron chi connectivity index (χ2n) is 6.68. The minimum Gasteiger partial charge on any atom is -0.489 e. The van der Waals surface area contributed by atoms with E-state index in [-0.39, 0.29) is 12.6 Å². The summed E-state index contributed by atoms with van der Waals surface area (Å²) in [4.78, 5) is 10.8. The van der Waals surface area contributed by atoms with Crippen LogP contribution in [0.5, 0.6) is 5.75 Å². The van der Waals surface area contributed by atoms with Crippen LogP contribution >= 0.6 is 0 Å². The fourth-order valence-electron chi connectivity index (χ4n) is 3.46. The molecule has 3 rings (SSSR count). The van der Waals surface area contributed by atoms with E-state index in [2.05, 4.69) is 28.8 Å². The lowest BCUT2D eigenvalue weighted by atomic mass is 10.0. The van der Waals surface area contributed by atoms with Gasteiger partial charge in [-0.3, -0.25) is 9.69 Å². The lowest BCUT2D eigenvalue weighted by Crippen LogP contribution is -2.23. The Kier molecular flexibility index (Phi) is 8.71. The van der Waals surface area contributed by atoms with Crippen LogP contribution in [-0.4, -0.2) is 54.5 Å². The highest BCUT2D eigenvalue weighted by Gasteiger charge is 2.34. The summed E-state index contributed by atoms with van der Waals surface area (Å²) < 4.78 is 16.9. The van der Waals surface area contributed by atoms with Crippen LogP contribution in [-0.2, 0) is 22.5 Å². The Labute approximate surface area is 165 Å². The number of nitrogens with zero attached hydrogens (tertiary/aromatic N) is 2. The smallest absolute Gasteiger partial charge is 0.290 e. The zero-order valence-corrected chi connectivity index (χ0v) is 16.4. The lowest BCUT2D eigenvalue weighted by Gasteiger charge is -2.18. The van der Waals surface area contributed by atoms with Gasteiger partial charge in [0.2, 0.25) is 0 Å². The maximum absolute atomic E-state index is 8.36. The van der Waals surface area contributed by atoms with Crippen molar-refractivity contribution in [2.75, 3.05) is 26.8 Å². The number of hydrogen-bond acceptors (Lipinski definition) is 6. The molecule has 1 aromatic carbocycles. The fourth-order valence-corrected chi connectivity index (χ4v) is 3.46. The van der Waals surface area contributed by atoms with E-state index in [0.717, 1.165) is 43.3 Å². The number of para-hydroxylation sites is 1. The molecular formula is C21H28N2O5. The van der Waals surface area contributed by atoms with Crippen LogP contribution in [0.3, 0.4) is 0 Å². The molecule has 2 atom stereocenters. The molecule has 7 nitrogen and oxygen atoms in total. The molecular weight excluding hydrogens is 360 g/mol. The van der Waals surface area contributed by atoms with Gasteiger partial charge < -0.3 is 19.1 Å². The number of hydrogen-bond donors (Lipinski definition) is 1. The van der Waals surface area contributed by atoms with E-state index >= 15 is 0 Å². The Hall–Kier alpha value is -2.64. The summed E-state index contributed by atoms with van der Waals surface area (Å²) in [5, 5.41) is 10.9. The molecule has 7 heteroatoms. The van der Waals surface area contributed by atoms with Crippen LogP contribution in [0.1, 0.15) is 17.0 Å². The quantitative estimate of drug-likeness (QED) is 0.550. The number of carboxylic acid groups (broad SMARTS) is 1. The van der Waals surface area contributed by atoms with Gasteiger partial charge >= 0.3 is 0 Å². The van der Waals surface area contributed by atoms with Gasteiger partial charge in [-0.1, -0.05) is 36.0 Å². The molecule has 1 aromatic heterocycles. The average molecular weight is 388 g/mol. The van der Waals surface area contributed by atoms with Gasteiger partial charge in [-0.2, -0.15) is 0 Å². The Bertz CT molecular complexity index is 746. The van der Waals surface area contributed by atoms with Crippen molar-refractivity contribution >= 4 is 6.47 Å². The third-order valence-electron chi connectivity index (χ3n) is 4.62. The molecule has 0 spiro atoms. The molecule has 0 saturated carbocycles. The summed E-state index contributed by atoms with van der Waals surface area (Å²) >= 11 is 0. The maximum Gasteiger partial charge on any atom is 0.290 e. The highest BCUT2D eigenvalue weighted by Crippen LogP contribution is 2.27. The zero-order chi connectivity index (χ0) is 20.4. The zero-order valence-electron chi connectivity index (χ0n) is 16.4. The van der Waals surface area contributed by atoms with Crippen LogP contribution in [0.25, 0.3) is 0 Å². The van der Waals surface area contributed by atoms with E-state index in [4.69, 9.17) is 23.9 Å². The largest absolute Gasteiger partial charge is 0.489 e. The predicted octanol–water partition coefficient (Wildman–Crippen LogP) is 2.94. The summed E-state index contributed by atoms with van der Waals surface area (Å²) in [5.41, 5.74) is 2.11. The van der Waals surface area contributed by atoms with E-state index < -0.39 is 0 Å². The van der Waals surface area contributed by atoms with Crippen molar-refractivity contribution in [2.45, 2.75) is 26.0 Å². The highest BCUT2D eigenvalue weighted by atomic mass is 16.5. The van der Waals surface area contributed by atoms with E-state index in [9.17, 15) is 0 Å². The minimum atomic E-state index is -0.250. The topological polar surface area (TPSA) is 85.0 Å². The van der Waals surface area contributed by atoms with Crippen LogP contribution in [0.2, 0.25) is 0 Å². The average Bonchev–Trinajstić information content (AvgIpc) is 3.27. The van der Waals surface area contributed by atoms with Crippen molar-refractivity contribution in [3.8, 4) is 5.75 Å². The molecule has 1 saturated heterocycles. The number of carbonyl (C=O) groups is 1. The number of benzene rings is 1.